The molecule has 0 saturated carbocycles. The molecule has 0 aromatic heterocycles. The number of rotatable bonds is 6. The Balaban J connectivity index is 1.06. The number of halogens is 6. The van der Waals surface area contributed by atoms with Gasteiger partial charge in [0.05, 0.1) is 54.5 Å². The molecular formula is C44H28F6N4O6S. The minimum atomic E-state index is -4.77. The number of nitrogen functional groups attached to an aromatic ring is 2. The molecule has 61 heavy (non-hydrogen) atoms. The Kier molecular flexibility index (Phi) is 9.23. The van der Waals surface area contributed by atoms with Crippen LogP contribution in [0.2, 0.25) is 0 Å². The second-order valence-electron chi connectivity index (χ2n) is 14.4. The number of carbonyl (C=O) groups is 4. The van der Waals surface area contributed by atoms with Gasteiger partial charge in [-0.15, -0.1) is 0 Å². The first-order chi connectivity index (χ1) is 28.6. The lowest BCUT2D eigenvalue weighted by Gasteiger charge is -2.18. The Morgan fingerprint density at radius 2 is 0.787 bits per heavy atom. The number of benzene rings is 6. The van der Waals surface area contributed by atoms with Crippen LogP contribution in [0.1, 0.15) is 63.7 Å². The number of alkyl halides is 6. The Morgan fingerprint density at radius 1 is 0.443 bits per heavy atom. The summed E-state index contributed by atoms with van der Waals surface area (Å²) in [5, 5.41) is 0. The molecule has 308 valence electrons. The number of amides is 4. The van der Waals surface area contributed by atoms with Crippen LogP contribution in [0.3, 0.4) is 0 Å². The quantitative estimate of drug-likeness (QED) is 0.0953. The number of aryl methyl sites for hydroxylation is 2. The van der Waals surface area contributed by atoms with E-state index in [1.807, 2.05) is 0 Å². The molecule has 0 bridgehead atoms. The van der Waals surface area contributed by atoms with E-state index in [1.165, 1.54) is 111 Å². The van der Waals surface area contributed by atoms with Gasteiger partial charge in [0, 0.05) is 11.4 Å². The highest BCUT2D eigenvalue weighted by Crippen LogP contribution is 2.42. The van der Waals surface area contributed by atoms with Gasteiger partial charge in [-0.05, 0) is 132 Å². The highest BCUT2D eigenvalue weighted by atomic mass is 32.2. The van der Waals surface area contributed by atoms with Crippen LogP contribution in [0.4, 0.5) is 49.1 Å². The van der Waals surface area contributed by atoms with Gasteiger partial charge in [0.15, 0.2) is 0 Å². The normalized spacial score (nSPS) is 14.2. The number of hydrogen-bond donors (Lipinski definition) is 2. The lowest BCUT2D eigenvalue weighted by atomic mass is 9.95. The largest absolute Gasteiger partial charge is 0.417 e. The van der Waals surface area contributed by atoms with Crippen molar-refractivity contribution in [2.24, 2.45) is 0 Å². The summed E-state index contributed by atoms with van der Waals surface area (Å²) in [6, 6.07) is 21.3. The first-order valence-corrected chi connectivity index (χ1v) is 19.5. The van der Waals surface area contributed by atoms with E-state index in [1.54, 1.807) is 0 Å². The predicted molar refractivity (Wildman–Crippen MR) is 213 cm³/mol. The van der Waals surface area contributed by atoms with E-state index in [2.05, 4.69) is 0 Å². The third kappa shape index (κ3) is 6.66. The summed E-state index contributed by atoms with van der Waals surface area (Å²) >= 11 is 0. The molecule has 0 spiro atoms. The SMILES string of the molecule is Cc1cc(N2C(=O)c3ccc(-c4ccc(N)cc4C(F)(F)F)cc3C2=O)ccc1S(=O)(=O)c1ccc(N2C(=O)c3ccc(-c4ccc(N)cc4C(F)(F)F)cc3C2=O)cc1C. The van der Waals surface area contributed by atoms with Gasteiger partial charge in [0.2, 0.25) is 9.84 Å². The van der Waals surface area contributed by atoms with Crippen LogP contribution in [0.5, 0.6) is 0 Å². The summed E-state index contributed by atoms with van der Waals surface area (Å²) in [6.07, 6.45) is -9.53. The van der Waals surface area contributed by atoms with Gasteiger partial charge in [0.25, 0.3) is 23.6 Å². The zero-order valence-electron chi connectivity index (χ0n) is 31.6. The smallest absolute Gasteiger partial charge is 0.399 e. The maximum absolute atomic E-state index is 14.1. The predicted octanol–water partition coefficient (Wildman–Crippen LogP) is 9.27. The van der Waals surface area contributed by atoms with Crippen LogP contribution < -0.4 is 21.3 Å². The van der Waals surface area contributed by atoms with E-state index in [4.69, 9.17) is 11.5 Å². The van der Waals surface area contributed by atoms with Gasteiger partial charge in [-0.25, -0.2) is 18.2 Å². The van der Waals surface area contributed by atoms with Crippen molar-refractivity contribution in [2.45, 2.75) is 36.0 Å². The van der Waals surface area contributed by atoms with Gasteiger partial charge in [-0.1, -0.05) is 24.3 Å². The number of fused-ring (bicyclic) bond motifs is 2. The molecule has 10 nitrogen and oxygen atoms in total. The summed E-state index contributed by atoms with van der Waals surface area (Å²) in [4.78, 5) is 55.4. The van der Waals surface area contributed by atoms with E-state index in [-0.39, 0.29) is 88.2 Å². The fourth-order valence-electron chi connectivity index (χ4n) is 7.65. The highest BCUT2D eigenvalue weighted by molar-refractivity contribution is 7.91. The topological polar surface area (TPSA) is 161 Å². The van der Waals surface area contributed by atoms with Crippen molar-refractivity contribution >= 4 is 56.2 Å². The first kappa shape index (κ1) is 40.5. The van der Waals surface area contributed by atoms with Crippen molar-refractivity contribution in [3.63, 3.8) is 0 Å². The molecule has 2 aliphatic heterocycles. The van der Waals surface area contributed by atoms with Crippen molar-refractivity contribution in [3.8, 4) is 22.3 Å². The molecule has 0 saturated heterocycles. The van der Waals surface area contributed by atoms with Crippen LogP contribution in [0.25, 0.3) is 22.3 Å². The molecular weight excluding hydrogens is 827 g/mol. The zero-order valence-corrected chi connectivity index (χ0v) is 32.4. The Morgan fingerprint density at radius 3 is 1.13 bits per heavy atom. The third-order valence-corrected chi connectivity index (χ3v) is 12.6. The third-order valence-electron chi connectivity index (χ3n) is 10.5. The molecule has 0 fully saturated rings. The van der Waals surface area contributed by atoms with E-state index >= 15 is 0 Å². The average Bonchev–Trinajstić information content (AvgIpc) is 3.59. The monoisotopic (exact) mass is 854 g/mol. The number of anilines is 4. The average molecular weight is 855 g/mol. The van der Waals surface area contributed by atoms with Gasteiger partial charge in [0.1, 0.15) is 0 Å². The molecule has 0 aliphatic carbocycles. The van der Waals surface area contributed by atoms with Crippen molar-refractivity contribution in [1.29, 1.82) is 0 Å². The summed E-state index contributed by atoms with van der Waals surface area (Å²) in [6.45, 7) is 2.87. The molecule has 0 atom stereocenters. The molecule has 4 amide bonds. The van der Waals surface area contributed by atoms with Crippen LogP contribution in [-0.4, -0.2) is 32.0 Å². The van der Waals surface area contributed by atoms with Gasteiger partial charge in [-0.2, -0.15) is 26.3 Å². The van der Waals surface area contributed by atoms with Gasteiger partial charge < -0.3 is 11.5 Å². The summed E-state index contributed by atoms with van der Waals surface area (Å²) in [5.41, 5.74) is 8.22. The second kappa shape index (κ2) is 13.9. The molecule has 2 heterocycles. The van der Waals surface area contributed by atoms with E-state index < -0.39 is 56.9 Å². The van der Waals surface area contributed by atoms with Crippen LogP contribution in [0.15, 0.2) is 119 Å². The minimum Gasteiger partial charge on any atom is -0.399 e. The number of nitrogens with two attached hydrogens (primary N) is 2. The lowest BCUT2D eigenvalue weighted by molar-refractivity contribution is -0.137. The Labute approximate surface area is 342 Å². The maximum Gasteiger partial charge on any atom is 0.417 e. The molecule has 8 rings (SSSR count). The number of carbonyl (C=O) groups excluding carboxylic acids is 4. The van der Waals surface area contributed by atoms with Crippen LogP contribution >= 0.6 is 0 Å². The van der Waals surface area contributed by atoms with E-state index in [0.29, 0.717) is 0 Å². The molecule has 0 radical (unpaired) electrons. The zero-order chi connectivity index (χ0) is 44.1. The Hall–Kier alpha value is -7.27. The minimum absolute atomic E-state index is 0.000424. The molecule has 6 aromatic rings. The van der Waals surface area contributed by atoms with Crippen LogP contribution in [-0.2, 0) is 22.2 Å². The van der Waals surface area contributed by atoms with Crippen molar-refractivity contribution in [3.05, 3.63) is 154 Å². The summed E-state index contributed by atoms with van der Waals surface area (Å²) in [7, 11) is -4.33. The van der Waals surface area contributed by atoms with Gasteiger partial charge >= 0.3 is 12.4 Å². The summed E-state index contributed by atoms with van der Waals surface area (Å²) < 4.78 is 111. The summed E-state index contributed by atoms with van der Waals surface area (Å²) in [5.74, 6) is -3.23. The molecule has 2 aliphatic rings. The van der Waals surface area contributed by atoms with Crippen molar-refractivity contribution in [1.82, 2.24) is 0 Å². The number of hydrogen-bond acceptors (Lipinski definition) is 8. The number of sulfone groups is 1. The van der Waals surface area contributed by atoms with Crippen molar-refractivity contribution in [2.75, 3.05) is 21.3 Å². The van der Waals surface area contributed by atoms with Gasteiger partial charge in [-0.3, -0.25) is 19.2 Å². The second-order valence-corrected chi connectivity index (χ2v) is 16.3. The number of nitrogens with zero attached hydrogens (tertiary/aromatic N) is 2. The van der Waals surface area contributed by atoms with E-state index in [0.717, 1.165) is 21.9 Å². The number of imide groups is 2. The fraction of sp³-hybridized carbons (Fsp3) is 0.0909. The molecule has 4 N–H and O–H groups in total. The maximum atomic E-state index is 14.1. The van der Waals surface area contributed by atoms with Crippen molar-refractivity contribution < 1.29 is 53.9 Å². The molecule has 17 heteroatoms. The fourth-order valence-corrected chi connectivity index (χ4v) is 9.35. The van der Waals surface area contributed by atoms with E-state index in [9.17, 15) is 53.9 Å². The van der Waals surface area contributed by atoms with Crippen LogP contribution in [0, 0.1) is 13.8 Å². The lowest BCUT2D eigenvalue weighted by Crippen LogP contribution is -2.29. The first-order valence-electron chi connectivity index (χ1n) is 18.0. The molecule has 0 unspecified atom stereocenters. The standard InChI is InChI=1S/C44H28F6N4O6S/c1-21-15-27(53-39(55)31-9-3-23(17-33(31)41(53)57)29-11-5-25(51)19-35(29)43(45,46)47)7-13-37(21)61(59,60)38-14-8-28(16-22(38)2)54-40(56)32-10-4-24(18-34(32)42(54)58)30-12-6-26(52)20-36(30)44(48,49)50/h3-20H,51-52H2,1-2H3. The highest BCUT2D eigenvalue weighted by Gasteiger charge is 2.41. The molecule has 6 aromatic carbocycles. The Bertz CT molecular complexity index is 2870.